The van der Waals surface area contributed by atoms with Crippen LogP contribution >= 0.6 is 22.9 Å². The standard InChI is InChI=1S/C9H8ClF3OS/c1-5-4-15-8(7(5)10)6(14)2-3-9(11,12)13/h4H,2-3H2,1H3. The van der Waals surface area contributed by atoms with Crippen LogP contribution in [0.25, 0.3) is 0 Å². The van der Waals surface area contributed by atoms with Gasteiger partial charge in [-0.15, -0.1) is 11.3 Å². The van der Waals surface area contributed by atoms with Gasteiger partial charge in [-0.25, -0.2) is 0 Å². The van der Waals surface area contributed by atoms with Crippen molar-refractivity contribution >= 4 is 28.7 Å². The predicted molar refractivity (Wildman–Crippen MR) is 53.7 cm³/mol. The fourth-order valence-electron chi connectivity index (χ4n) is 0.987. The van der Waals surface area contributed by atoms with Crippen LogP contribution in [0.1, 0.15) is 28.1 Å². The molecule has 1 rings (SSSR count). The molecule has 0 aliphatic heterocycles. The Morgan fingerprint density at radius 2 is 2.13 bits per heavy atom. The van der Waals surface area contributed by atoms with Gasteiger partial charge in [-0.05, 0) is 17.9 Å². The Labute approximate surface area is 93.9 Å². The zero-order valence-corrected chi connectivity index (χ0v) is 9.39. The van der Waals surface area contributed by atoms with Gasteiger partial charge < -0.3 is 0 Å². The molecule has 0 spiro atoms. The molecule has 0 saturated carbocycles. The minimum absolute atomic E-state index is 0.221. The molecule has 0 aromatic carbocycles. The van der Waals surface area contributed by atoms with Crippen LogP contribution in [0.4, 0.5) is 13.2 Å². The topological polar surface area (TPSA) is 17.1 Å². The lowest BCUT2D eigenvalue weighted by Gasteiger charge is -2.04. The van der Waals surface area contributed by atoms with Crippen LogP contribution in [0.3, 0.4) is 0 Å². The Balaban J connectivity index is 2.66. The first-order valence-corrected chi connectivity index (χ1v) is 5.40. The number of carbonyl (C=O) groups excluding carboxylic acids is 1. The van der Waals surface area contributed by atoms with Gasteiger partial charge in [0.2, 0.25) is 0 Å². The molecule has 0 aliphatic carbocycles. The van der Waals surface area contributed by atoms with E-state index in [0.29, 0.717) is 0 Å². The van der Waals surface area contributed by atoms with Crippen LogP contribution in [-0.2, 0) is 0 Å². The molecular weight excluding hydrogens is 249 g/mol. The van der Waals surface area contributed by atoms with Crippen molar-refractivity contribution < 1.29 is 18.0 Å². The number of ketones is 1. The number of thiophene rings is 1. The van der Waals surface area contributed by atoms with Gasteiger partial charge in [0, 0.05) is 6.42 Å². The van der Waals surface area contributed by atoms with Gasteiger partial charge in [-0.2, -0.15) is 13.2 Å². The molecule has 0 amide bonds. The lowest BCUT2D eigenvalue weighted by atomic mass is 10.2. The fourth-order valence-corrected chi connectivity index (χ4v) is 2.26. The van der Waals surface area contributed by atoms with Gasteiger partial charge in [0.1, 0.15) is 0 Å². The SMILES string of the molecule is Cc1csc(C(=O)CCC(F)(F)F)c1Cl. The Hall–Kier alpha value is -0.550. The minimum Gasteiger partial charge on any atom is -0.293 e. The van der Waals surface area contributed by atoms with Crippen LogP contribution in [0.5, 0.6) is 0 Å². The maximum Gasteiger partial charge on any atom is 0.389 e. The molecule has 0 saturated heterocycles. The minimum atomic E-state index is -4.30. The molecule has 1 nitrogen and oxygen atoms in total. The van der Waals surface area contributed by atoms with Gasteiger partial charge in [0.15, 0.2) is 5.78 Å². The van der Waals surface area contributed by atoms with Crippen molar-refractivity contribution in [1.82, 2.24) is 0 Å². The van der Waals surface area contributed by atoms with Gasteiger partial charge in [0.25, 0.3) is 0 Å². The fraction of sp³-hybridized carbons (Fsp3) is 0.444. The molecule has 0 N–H and O–H groups in total. The maximum absolute atomic E-state index is 11.9. The van der Waals surface area contributed by atoms with E-state index >= 15 is 0 Å². The zero-order chi connectivity index (χ0) is 11.6. The maximum atomic E-state index is 11.9. The summed E-state index contributed by atoms with van der Waals surface area (Å²) in [6, 6.07) is 0. The third-order valence-corrected chi connectivity index (χ3v) is 3.53. The van der Waals surface area contributed by atoms with Crippen molar-refractivity contribution in [2.24, 2.45) is 0 Å². The molecule has 0 aliphatic rings. The summed E-state index contributed by atoms with van der Waals surface area (Å²) in [5, 5.41) is 1.93. The summed E-state index contributed by atoms with van der Waals surface area (Å²) in [7, 11) is 0. The van der Waals surface area contributed by atoms with E-state index in [1.54, 1.807) is 12.3 Å². The molecular formula is C9H8ClF3OS. The highest BCUT2D eigenvalue weighted by Gasteiger charge is 2.29. The lowest BCUT2D eigenvalue weighted by Crippen LogP contribution is -2.10. The largest absolute Gasteiger partial charge is 0.389 e. The molecule has 6 heteroatoms. The first kappa shape index (κ1) is 12.5. The number of halogens is 4. The van der Waals surface area contributed by atoms with Gasteiger partial charge in [0.05, 0.1) is 16.3 Å². The molecule has 1 heterocycles. The summed E-state index contributed by atoms with van der Waals surface area (Å²) in [4.78, 5) is 11.6. The van der Waals surface area contributed by atoms with Crippen molar-refractivity contribution in [3.63, 3.8) is 0 Å². The summed E-state index contributed by atoms with van der Waals surface area (Å²) < 4.78 is 35.6. The van der Waals surface area contributed by atoms with Crippen LogP contribution in [-0.4, -0.2) is 12.0 Å². The van der Waals surface area contributed by atoms with Crippen molar-refractivity contribution in [1.29, 1.82) is 0 Å². The highest BCUT2D eigenvalue weighted by molar-refractivity contribution is 7.13. The summed E-state index contributed by atoms with van der Waals surface area (Å²) in [6.45, 7) is 1.71. The Morgan fingerprint density at radius 3 is 2.53 bits per heavy atom. The van der Waals surface area contributed by atoms with Crippen LogP contribution < -0.4 is 0 Å². The normalized spacial score (nSPS) is 11.8. The second kappa shape index (κ2) is 4.53. The average Bonchev–Trinajstić information content (AvgIpc) is 2.43. The first-order valence-electron chi connectivity index (χ1n) is 4.15. The van der Waals surface area contributed by atoms with Crippen LogP contribution in [0.2, 0.25) is 5.02 Å². The van der Waals surface area contributed by atoms with Crippen molar-refractivity contribution in [2.45, 2.75) is 25.9 Å². The summed E-state index contributed by atoms with van der Waals surface area (Å²) in [5.41, 5.74) is 0.719. The molecule has 0 fully saturated rings. The average molecular weight is 257 g/mol. The van der Waals surface area contributed by atoms with E-state index < -0.39 is 24.8 Å². The van der Waals surface area contributed by atoms with E-state index in [-0.39, 0.29) is 9.90 Å². The Morgan fingerprint density at radius 1 is 1.53 bits per heavy atom. The second-order valence-electron chi connectivity index (χ2n) is 3.10. The van der Waals surface area contributed by atoms with Gasteiger partial charge in [-0.3, -0.25) is 4.79 Å². The number of alkyl halides is 3. The highest BCUT2D eigenvalue weighted by Crippen LogP contribution is 2.30. The molecule has 0 atom stereocenters. The number of rotatable bonds is 3. The van der Waals surface area contributed by atoms with Gasteiger partial charge >= 0.3 is 6.18 Å². The number of Topliss-reactive ketones (excluding diaryl/α,β-unsaturated/α-hetero) is 1. The van der Waals surface area contributed by atoms with E-state index in [0.717, 1.165) is 16.9 Å². The Bertz CT molecular complexity index is 370. The van der Waals surface area contributed by atoms with Crippen molar-refractivity contribution in [3.05, 3.63) is 20.8 Å². The smallest absolute Gasteiger partial charge is 0.293 e. The number of hydrogen-bond donors (Lipinski definition) is 0. The molecule has 0 bridgehead atoms. The third-order valence-electron chi connectivity index (χ3n) is 1.79. The van der Waals surface area contributed by atoms with E-state index in [9.17, 15) is 18.0 Å². The van der Waals surface area contributed by atoms with Crippen LogP contribution in [0.15, 0.2) is 5.38 Å². The summed E-state index contributed by atoms with van der Waals surface area (Å²) >= 11 is 6.85. The van der Waals surface area contributed by atoms with Crippen molar-refractivity contribution in [3.8, 4) is 0 Å². The van der Waals surface area contributed by atoms with Gasteiger partial charge in [-0.1, -0.05) is 11.6 Å². The molecule has 15 heavy (non-hydrogen) atoms. The lowest BCUT2D eigenvalue weighted by molar-refractivity contribution is -0.133. The predicted octanol–water partition coefficient (Wildman–Crippen LogP) is 4.24. The van der Waals surface area contributed by atoms with E-state index in [1.165, 1.54) is 0 Å². The summed E-state index contributed by atoms with van der Waals surface area (Å²) in [6.07, 6.45) is -5.93. The number of hydrogen-bond acceptors (Lipinski definition) is 2. The Kier molecular flexibility index (Phi) is 3.78. The zero-order valence-electron chi connectivity index (χ0n) is 7.82. The highest BCUT2D eigenvalue weighted by atomic mass is 35.5. The molecule has 84 valence electrons. The number of carbonyl (C=O) groups is 1. The molecule has 0 unspecified atom stereocenters. The first-order chi connectivity index (χ1) is 6.81. The summed E-state index contributed by atoms with van der Waals surface area (Å²) in [5.74, 6) is -0.546. The van der Waals surface area contributed by atoms with E-state index in [2.05, 4.69) is 0 Å². The second-order valence-corrected chi connectivity index (χ2v) is 4.36. The monoisotopic (exact) mass is 256 g/mol. The van der Waals surface area contributed by atoms with E-state index in [4.69, 9.17) is 11.6 Å². The third kappa shape index (κ3) is 3.50. The molecule has 0 radical (unpaired) electrons. The van der Waals surface area contributed by atoms with E-state index in [1.807, 2.05) is 0 Å². The molecule has 1 aromatic heterocycles. The van der Waals surface area contributed by atoms with Crippen molar-refractivity contribution in [2.75, 3.05) is 0 Å². The molecule has 1 aromatic rings. The quantitative estimate of drug-likeness (QED) is 0.740. The van der Waals surface area contributed by atoms with Crippen LogP contribution in [0, 0.1) is 6.92 Å². The number of aryl methyl sites for hydroxylation is 1.